The summed E-state index contributed by atoms with van der Waals surface area (Å²) in [6.07, 6.45) is 5.58. The van der Waals surface area contributed by atoms with E-state index < -0.39 is 0 Å². The highest BCUT2D eigenvalue weighted by atomic mass is 35.5. The molecule has 0 amide bonds. The van der Waals surface area contributed by atoms with Gasteiger partial charge in [0, 0.05) is 24.2 Å². The van der Waals surface area contributed by atoms with Crippen LogP contribution < -0.4 is 0 Å². The minimum atomic E-state index is 0.353. The molecule has 0 radical (unpaired) electrons. The first-order chi connectivity index (χ1) is 10.1. The van der Waals surface area contributed by atoms with E-state index in [4.69, 9.17) is 28.0 Å². The second-order valence-corrected chi connectivity index (χ2v) is 6.81. The fraction of sp³-hybridized carbons (Fsp3) is 0.562. The van der Waals surface area contributed by atoms with Crippen molar-refractivity contribution < 1.29 is 4.84 Å². The SMILES string of the molecule is CON=C[C@@H]1[C@@H](c2ccc(Cl)c(Cl)c2)C[C@@H]2CC[C@H]1N2C. The molecular weight excluding hydrogens is 307 g/mol. The molecule has 0 aromatic heterocycles. The van der Waals surface area contributed by atoms with Gasteiger partial charge in [-0.2, -0.15) is 0 Å². The topological polar surface area (TPSA) is 24.8 Å². The molecule has 3 nitrogen and oxygen atoms in total. The van der Waals surface area contributed by atoms with E-state index in [1.165, 1.54) is 18.4 Å². The van der Waals surface area contributed by atoms with Gasteiger partial charge >= 0.3 is 0 Å². The van der Waals surface area contributed by atoms with Crippen LogP contribution >= 0.6 is 23.2 Å². The van der Waals surface area contributed by atoms with Crippen molar-refractivity contribution in [2.24, 2.45) is 11.1 Å². The third-order valence-electron chi connectivity index (χ3n) is 5.04. The smallest absolute Gasteiger partial charge is 0.106 e. The van der Waals surface area contributed by atoms with Gasteiger partial charge in [0.15, 0.2) is 0 Å². The second kappa shape index (κ2) is 6.15. The van der Waals surface area contributed by atoms with Crippen LogP contribution in [0.15, 0.2) is 23.4 Å². The number of piperidine rings is 1. The number of halogens is 2. The first-order valence-electron chi connectivity index (χ1n) is 7.35. The van der Waals surface area contributed by atoms with Crippen molar-refractivity contribution in [1.29, 1.82) is 0 Å². The lowest BCUT2D eigenvalue weighted by Gasteiger charge is -2.41. The number of hydrogen-bond donors (Lipinski definition) is 0. The zero-order valence-corrected chi connectivity index (χ0v) is 13.8. The first kappa shape index (κ1) is 15.1. The maximum atomic E-state index is 6.20. The lowest BCUT2D eigenvalue weighted by Crippen LogP contribution is -2.46. The zero-order valence-electron chi connectivity index (χ0n) is 12.3. The molecule has 1 aromatic carbocycles. The molecule has 2 bridgehead atoms. The lowest BCUT2D eigenvalue weighted by molar-refractivity contribution is 0.131. The molecule has 2 aliphatic heterocycles. The van der Waals surface area contributed by atoms with Crippen LogP contribution in [0.2, 0.25) is 10.0 Å². The third-order valence-corrected chi connectivity index (χ3v) is 5.78. The Labute approximate surface area is 135 Å². The monoisotopic (exact) mass is 326 g/mol. The van der Waals surface area contributed by atoms with Crippen molar-refractivity contribution in [3.63, 3.8) is 0 Å². The number of oxime groups is 1. The average molecular weight is 327 g/mol. The van der Waals surface area contributed by atoms with Crippen LogP contribution in [0, 0.1) is 5.92 Å². The molecule has 0 saturated carbocycles. The summed E-state index contributed by atoms with van der Waals surface area (Å²) in [5.74, 6) is 0.776. The van der Waals surface area contributed by atoms with Crippen molar-refractivity contribution >= 4 is 29.4 Å². The molecular formula is C16H20Cl2N2O. The molecule has 0 aliphatic carbocycles. The minimum absolute atomic E-state index is 0.353. The van der Waals surface area contributed by atoms with E-state index in [0.717, 1.165) is 6.42 Å². The molecule has 114 valence electrons. The normalized spacial score (nSPS) is 32.8. The Kier molecular flexibility index (Phi) is 4.43. The summed E-state index contributed by atoms with van der Waals surface area (Å²) in [4.78, 5) is 7.42. The molecule has 0 N–H and O–H groups in total. The summed E-state index contributed by atoms with van der Waals surface area (Å²) in [6, 6.07) is 7.18. The summed E-state index contributed by atoms with van der Waals surface area (Å²) >= 11 is 12.2. The molecule has 2 fully saturated rings. The van der Waals surface area contributed by atoms with Gasteiger partial charge in [-0.1, -0.05) is 34.4 Å². The van der Waals surface area contributed by atoms with Crippen LogP contribution in [0.5, 0.6) is 0 Å². The Balaban J connectivity index is 1.94. The summed E-state index contributed by atoms with van der Waals surface area (Å²) in [5, 5.41) is 5.29. The standard InChI is InChI=1S/C16H20Cl2N2O/c1-20-11-4-6-16(20)13(9-19-21-2)12(8-11)10-3-5-14(17)15(18)7-10/h3,5,7,9,11-13,16H,4,6,8H2,1-2H3/t11-,12+,13+,16+/m0/s1. The maximum absolute atomic E-state index is 6.20. The fourth-order valence-corrected chi connectivity index (χ4v) is 4.25. The Morgan fingerprint density at radius 2 is 2.10 bits per heavy atom. The van der Waals surface area contributed by atoms with E-state index in [0.29, 0.717) is 34.0 Å². The Morgan fingerprint density at radius 1 is 1.29 bits per heavy atom. The Hall–Kier alpha value is -0.770. The van der Waals surface area contributed by atoms with Gasteiger partial charge < -0.3 is 4.84 Å². The fourth-order valence-electron chi connectivity index (χ4n) is 3.94. The van der Waals surface area contributed by atoms with Crippen molar-refractivity contribution in [2.75, 3.05) is 14.2 Å². The second-order valence-electron chi connectivity index (χ2n) is 5.99. The van der Waals surface area contributed by atoms with Gasteiger partial charge in [0.25, 0.3) is 0 Å². The van der Waals surface area contributed by atoms with Gasteiger partial charge in [0.05, 0.1) is 10.0 Å². The molecule has 3 rings (SSSR count). The van der Waals surface area contributed by atoms with E-state index in [1.54, 1.807) is 7.11 Å². The van der Waals surface area contributed by atoms with Gasteiger partial charge in [-0.15, -0.1) is 0 Å². The predicted molar refractivity (Wildman–Crippen MR) is 87.4 cm³/mol. The molecule has 21 heavy (non-hydrogen) atoms. The van der Waals surface area contributed by atoms with Gasteiger partial charge in [0.2, 0.25) is 0 Å². The van der Waals surface area contributed by atoms with Crippen LogP contribution in [0.25, 0.3) is 0 Å². The van der Waals surface area contributed by atoms with Gasteiger partial charge in [-0.25, -0.2) is 0 Å². The Bertz CT molecular complexity index is 549. The highest BCUT2D eigenvalue weighted by molar-refractivity contribution is 6.42. The van der Waals surface area contributed by atoms with E-state index in [9.17, 15) is 0 Å². The molecule has 2 saturated heterocycles. The van der Waals surface area contributed by atoms with Gasteiger partial charge in [0.1, 0.15) is 7.11 Å². The summed E-state index contributed by atoms with van der Waals surface area (Å²) < 4.78 is 0. The van der Waals surface area contributed by atoms with Crippen LogP contribution in [-0.2, 0) is 4.84 Å². The lowest BCUT2D eigenvalue weighted by atomic mass is 9.77. The van der Waals surface area contributed by atoms with E-state index in [-0.39, 0.29) is 0 Å². The maximum Gasteiger partial charge on any atom is 0.106 e. The molecule has 2 heterocycles. The van der Waals surface area contributed by atoms with Gasteiger partial charge in [-0.3, -0.25) is 4.90 Å². The largest absolute Gasteiger partial charge is 0.399 e. The molecule has 2 aliphatic rings. The van der Waals surface area contributed by atoms with Crippen molar-refractivity contribution in [3.8, 4) is 0 Å². The van der Waals surface area contributed by atoms with Crippen LogP contribution in [-0.4, -0.2) is 37.4 Å². The highest BCUT2D eigenvalue weighted by Gasteiger charge is 2.45. The van der Waals surface area contributed by atoms with Crippen molar-refractivity contribution in [2.45, 2.75) is 37.3 Å². The van der Waals surface area contributed by atoms with Crippen LogP contribution in [0.4, 0.5) is 0 Å². The highest BCUT2D eigenvalue weighted by Crippen LogP contribution is 2.46. The van der Waals surface area contributed by atoms with E-state index in [1.807, 2.05) is 18.3 Å². The molecule has 0 unspecified atom stereocenters. The molecule has 4 atom stereocenters. The third kappa shape index (κ3) is 2.79. The van der Waals surface area contributed by atoms with Crippen LogP contribution in [0.3, 0.4) is 0 Å². The number of fused-ring (bicyclic) bond motifs is 2. The number of nitrogens with zero attached hydrogens (tertiary/aromatic N) is 2. The van der Waals surface area contributed by atoms with E-state index >= 15 is 0 Å². The summed E-state index contributed by atoms with van der Waals surface area (Å²) in [7, 11) is 3.82. The van der Waals surface area contributed by atoms with Crippen molar-refractivity contribution in [3.05, 3.63) is 33.8 Å². The molecule has 5 heteroatoms. The Morgan fingerprint density at radius 3 is 2.81 bits per heavy atom. The number of benzene rings is 1. The minimum Gasteiger partial charge on any atom is -0.399 e. The summed E-state index contributed by atoms with van der Waals surface area (Å²) in [6.45, 7) is 0. The zero-order chi connectivity index (χ0) is 15.0. The average Bonchev–Trinajstić information content (AvgIpc) is 2.72. The quantitative estimate of drug-likeness (QED) is 0.614. The predicted octanol–water partition coefficient (Wildman–Crippen LogP) is 4.19. The van der Waals surface area contributed by atoms with Gasteiger partial charge in [-0.05, 0) is 49.9 Å². The van der Waals surface area contributed by atoms with E-state index in [2.05, 4.69) is 23.2 Å². The van der Waals surface area contributed by atoms with Crippen molar-refractivity contribution in [1.82, 2.24) is 4.90 Å². The molecule has 1 aromatic rings. The first-order valence-corrected chi connectivity index (χ1v) is 8.11. The summed E-state index contributed by atoms with van der Waals surface area (Å²) in [5.41, 5.74) is 1.25. The van der Waals surface area contributed by atoms with Crippen LogP contribution in [0.1, 0.15) is 30.7 Å². The number of rotatable bonds is 3. The molecule has 0 spiro atoms. The number of hydrogen-bond acceptors (Lipinski definition) is 3.